The maximum atomic E-state index is 6.19. The van der Waals surface area contributed by atoms with Gasteiger partial charge >= 0.3 is 0 Å². The van der Waals surface area contributed by atoms with Gasteiger partial charge in [0.15, 0.2) is 0 Å². The highest BCUT2D eigenvalue weighted by Crippen LogP contribution is 2.28. The van der Waals surface area contributed by atoms with Gasteiger partial charge in [-0.1, -0.05) is 30.7 Å². The second-order valence-corrected chi connectivity index (χ2v) is 6.70. The van der Waals surface area contributed by atoms with Crippen molar-refractivity contribution < 1.29 is 0 Å². The Kier molecular flexibility index (Phi) is 5.89. The Balaban J connectivity index is 2.07. The molecule has 1 heterocycles. The van der Waals surface area contributed by atoms with Crippen LogP contribution in [0.3, 0.4) is 0 Å². The van der Waals surface area contributed by atoms with Crippen LogP contribution < -0.4 is 5.32 Å². The molecule has 0 amide bonds. The molecule has 0 fully saturated rings. The van der Waals surface area contributed by atoms with Crippen molar-refractivity contribution in [2.75, 3.05) is 6.54 Å². The molecular formula is C15H17BrClNS. The van der Waals surface area contributed by atoms with Crippen LogP contribution in [0.2, 0.25) is 5.02 Å². The van der Waals surface area contributed by atoms with E-state index < -0.39 is 0 Å². The van der Waals surface area contributed by atoms with Crippen LogP contribution in [0.5, 0.6) is 0 Å². The fourth-order valence-corrected chi connectivity index (χ4v) is 3.26. The molecule has 0 aliphatic carbocycles. The molecule has 1 unspecified atom stereocenters. The molecule has 0 saturated carbocycles. The van der Waals surface area contributed by atoms with E-state index in [1.807, 2.05) is 23.5 Å². The topological polar surface area (TPSA) is 12.0 Å². The lowest BCUT2D eigenvalue weighted by atomic mass is 10.0. The summed E-state index contributed by atoms with van der Waals surface area (Å²) in [6.45, 7) is 3.10. The molecular weight excluding hydrogens is 342 g/mol. The van der Waals surface area contributed by atoms with Gasteiger partial charge in [-0.2, -0.15) is 0 Å². The average Bonchev–Trinajstić information content (AvgIpc) is 2.91. The fourth-order valence-electron chi connectivity index (χ4n) is 2.10. The molecule has 1 atom stereocenters. The highest BCUT2D eigenvalue weighted by molar-refractivity contribution is 9.10. The van der Waals surface area contributed by atoms with Crippen molar-refractivity contribution in [2.24, 2.45) is 0 Å². The first-order chi connectivity index (χ1) is 9.20. The van der Waals surface area contributed by atoms with Crippen LogP contribution in [0, 0.1) is 0 Å². The van der Waals surface area contributed by atoms with Crippen molar-refractivity contribution >= 4 is 38.9 Å². The number of nitrogens with one attached hydrogen (secondary N) is 1. The molecule has 1 aromatic carbocycles. The Morgan fingerprint density at radius 1 is 1.37 bits per heavy atom. The number of halogens is 2. The number of thiophene rings is 1. The Bertz CT molecular complexity index is 513. The number of hydrogen-bond acceptors (Lipinski definition) is 2. The van der Waals surface area contributed by atoms with Gasteiger partial charge in [-0.3, -0.25) is 0 Å². The minimum atomic E-state index is 0.359. The third-order valence-electron chi connectivity index (χ3n) is 3.06. The molecule has 0 radical (unpaired) electrons. The summed E-state index contributed by atoms with van der Waals surface area (Å²) in [6.07, 6.45) is 2.19. The van der Waals surface area contributed by atoms with Crippen molar-refractivity contribution in [3.63, 3.8) is 0 Å². The maximum Gasteiger partial charge on any atom is 0.0551 e. The van der Waals surface area contributed by atoms with Crippen LogP contribution in [0.25, 0.3) is 0 Å². The molecule has 0 spiro atoms. The van der Waals surface area contributed by atoms with Gasteiger partial charge in [0.25, 0.3) is 0 Å². The zero-order chi connectivity index (χ0) is 13.7. The molecule has 0 aliphatic heterocycles. The number of benzene rings is 1. The first-order valence-electron chi connectivity index (χ1n) is 6.41. The van der Waals surface area contributed by atoms with Gasteiger partial charge in [0.05, 0.1) is 5.02 Å². The van der Waals surface area contributed by atoms with Crippen molar-refractivity contribution in [1.82, 2.24) is 5.32 Å². The first kappa shape index (κ1) is 15.0. The van der Waals surface area contributed by atoms with E-state index in [0.29, 0.717) is 6.04 Å². The van der Waals surface area contributed by atoms with Crippen LogP contribution in [-0.2, 0) is 6.42 Å². The quantitative estimate of drug-likeness (QED) is 0.724. The van der Waals surface area contributed by atoms with E-state index >= 15 is 0 Å². The molecule has 102 valence electrons. The van der Waals surface area contributed by atoms with Gasteiger partial charge in [-0.15, -0.1) is 11.3 Å². The van der Waals surface area contributed by atoms with E-state index in [1.54, 1.807) is 0 Å². The van der Waals surface area contributed by atoms with Gasteiger partial charge in [-0.05, 0) is 64.5 Å². The SMILES string of the molecule is CCNC(CCc1cccs1)c1ccc(Br)c(Cl)c1. The zero-order valence-corrected chi connectivity index (χ0v) is 14.0. The summed E-state index contributed by atoms with van der Waals surface area (Å²) in [6, 6.07) is 10.9. The summed E-state index contributed by atoms with van der Waals surface area (Å²) < 4.78 is 0.950. The smallest absolute Gasteiger partial charge is 0.0551 e. The number of rotatable bonds is 6. The summed E-state index contributed by atoms with van der Waals surface area (Å²) in [4.78, 5) is 1.44. The molecule has 1 N–H and O–H groups in total. The van der Waals surface area contributed by atoms with Gasteiger partial charge in [-0.25, -0.2) is 0 Å². The van der Waals surface area contributed by atoms with Gasteiger partial charge in [0.2, 0.25) is 0 Å². The van der Waals surface area contributed by atoms with Crippen molar-refractivity contribution in [3.8, 4) is 0 Å². The Morgan fingerprint density at radius 2 is 2.21 bits per heavy atom. The minimum Gasteiger partial charge on any atom is -0.310 e. The minimum absolute atomic E-state index is 0.359. The van der Waals surface area contributed by atoms with Crippen molar-refractivity contribution in [2.45, 2.75) is 25.8 Å². The summed E-state index contributed by atoms with van der Waals surface area (Å²) in [5, 5.41) is 6.45. The Hall–Kier alpha value is -0.350. The molecule has 2 rings (SSSR count). The van der Waals surface area contributed by atoms with Crippen LogP contribution in [0.1, 0.15) is 29.8 Å². The van der Waals surface area contributed by atoms with Crippen molar-refractivity contribution in [3.05, 3.63) is 55.6 Å². The summed E-state index contributed by atoms with van der Waals surface area (Å²) in [5.74, 6) is 0. The normalized spacial score (nSPS) is 12.6. The second kappa shape index (κ2) is 7.44. The first-order valence-corrected chi connectivity index (χ1v) is 8.46. The van der Waals surface area contributed by atoms with E-state index in [0.717, 1.165) is 28.9 Å². The predicted molar refractivity (Wildman–Crippen MR) is 88.2 cm³/mol. The third kappa shape index (κ3) is 4.32. The van der Waals surface area contributed by atoms with Gasteiger partial charge in [0, 0.05) is 15.4 Å². The van der Waals surface area contributed by atoms with Gasteiger partial charge < -0.3 is 5.32 Å². The van der Waals surface area contributed by atoms with Crippen molar-refractivity contribution in [1.29, 1.82) is 0 Å². The molecule has 4 heteroatoms. The largest absolute Gasteiger partial charge is 0.310 e. The lowest BCUT2D eigenvalue weighted by Gasteiger charge is -2.18. The summed E-state index contributed by atoms with van der Waals surface area (Å²) in [5.41, 5.74) is 1.26. The van der Waals surface area contributed by atoms with E-state index in [4.69, 9.17) is 11.6 Å². The lowest BCUT2D eigenvalue weighted by molar-refractivity contribution is 0.517. The Morgan fingerprint density at radius 3 is 2.84 bits per heavy atom. The summed E-state index contributed by atoms with van der Waals surface area (Å²) >= 11 is 11.4. The average molecular weight is 359 g/mol. The zero-order valence-electron chi connectivity index (χ0n) is 10.8. The highest BCUT2D eigenvalue weighted by Gasteiger charge is 2.12. The van der Waals surface area contributed by atoms with Gasteiger partial charge in [0.1, 0.15) is 0 Å². The molecule has 1 nitrogen and oxygen atoms in total. The highest BCUT2D eigenvalue weighted by atomic mass is 79.9. The molecule has 0 saturated heterocycles. The van der Waals surface area contributed by atoms with Crippen LogP contribution in [-0.4, -0.2) is 6.54 Å². The third-order valence-corrected chi connectivity index (χ3v) is 5.22. The second-order valence-electron chi connectivity index (χ2n) is 4.40. The van der Waals surface area contributed by atoms with Crippen LogP contribution in [0.4, 0.5) is 0 Å². The molecule has 1 aromatic heterocycles. The van der Waals surface area contributed by atoms with E-state index in [9.17, 15) is 0 Å². The standard InChI is InChI=1S/C15H17BrClNS/c1-2-18-15(8-6-12-4-3-9-19-12)11-5-7-13(16)14(17)10-11/h3-5,7,9-10,15,18H,2,6,8H2,1H3. The van der Waals surface area contributed by atoms with E-state index in [1.165, 1.54) is 10.4 Å². The van der Waals surface area contributed by atoms with Crippen LogP contribution >= 0.6 is 38.9 Å². The molecule has 0 bridgehead atoms. The molecule has 0 aliphatic rings. The summed E-state index contributed by atoms with van der Waals surface area (Å²) in [7, 11) is 0. The van der Waals surface area contributed by atoms with E-state index in [2.05, 4.69) is 51.7 Å². The number of hydrogen-bond donors (Lipinski definition) is 1. The monoisotopic (exact) mass is 357 g/mol. The number of aryl methyl sites for hydroxylation is 1. The molecule has 2 aromatic rings. The maximum absolute atomic E-state index is 6.19. The van der Waals surface area contributed by atoms with E-state index in [-0.39, 0.29) is 0 Å². The van der Waals surface area contributed by atoms with Crippen LogP contribution in [0.15, 0.2) is 40.2 Å². The molecule has 19 heavy (non-hydrogen) atoms. The lowest BCUT2D eigenvalue weighted by Crippen LogP contribution is -2.21. The fraction of sp³-hybridized carbons (Fsp3) is 0.333. The predicted octanol–water partition coefficient (Wildman–Crippen LogP) is 5.45. The Labute approximate surface area is 132 Å².